The number of ether oxygens (including phenoxy) is 3. The van der Waals surface area contributed by atoms with Crippen molar-refractivity contribution in [3.8, 4) is 11.5 Å². The highest BCUT2D eigenvalue weighted by Crippen LogP contribution is 2.35. The number of nitrogens with zero attached hydrogens (tertiary/aromatic N) is 2. The van der Waals surface area contributed by atoms with Crippen LogP contribution >= 0.6 is 0 Å². The van der Waals surface area contributed by atoms with Gasteiger partial charge >= 0.3 is 5.97 Å². The van der Waals surface area contributed by atoms with Crippen molar-refractivity contribution < 1.29 is 28.7 Å². The van der Waals surface area contributed by atoms with Crippen LogP contribution in [0.3, 0.4) is 0 Å². The lowest BCUT2D eigenvalue weighted by Crippen LogP contribution is -2.31. The van der Waals surface area contributed by atoms with Crippen molar-refractivity contribution >= 4 is 17.6 Å². The van der Waals surface area contributed by atoms with Crippen LogP contribution in [0.15, 0.2) is 36.4 Å². The first-order valence-corrected chi connectivity index (χ1v) is 9.23. The molecule has 2 aromatic carbocycles. The lowest BCUT2D eigenvalue weighted by atomic mass is 10.1. The molecule has 0 fully saturated rings. The number of methoxy groups -OCH3 is 1. The van der Waals surface area contributed by atoms with Gasteiger partial charge in [-0.25, -0.2) is 4.79 Å². The van der Waals surface area contributed by atoms with Gasteiger partial charge in [0, 0.05) is 19.7 Å². The number of carbonyl (C=O) groups excluding carboxylic acids is 2. The van der Waals surface area contributed by atoms with E-state index >= 15 is 0 Å². The minimum absolute atomic E-state index is 0.120. The van der Waals surface area contributed by atoms with Crippen molar-refractivity contribution in [2.45, 2.75) is 20.4 Å². The molecule has 0 bridgehead atoms. The predicted molar refractivity (Wildman–Crippen MR) is 109 cm³/mol. The molecule has 0 unspecified atom stereocenters. The second kappa shape index (κ2) is 10.2. The van der Waals surface area contributed by atoms with E-state index in [0.29, 0.717) is 6.54 Å². The van der Waals surface area contributed by atoms with E-state index < -0.39 is 29.1 Å². The fraction of sp³-hybridized carbons (Fsp3) is 0.333. The van der Waals surface area contributed by atoms with Gasteiger partial charge in [-0.2, -0.15) is 0 Å². The molecule has 9 nitrogen and oxygen atoms in total. The van der Waals surface area contributed by atoms with E-state index in [1.54, 1.807) is 14.0 Å². The zero-order valence-corrected chi connectivity index (χ0v) is 17.3. The molecule has 0 aromatic heterocycles. The van der Waals surface area contributed by atoms with Crippen LogP contribution in [-0.4, -0.2) is 49.1 Å². The van der Waals surface area contributed by atoms with Gasteiger partial charge in [-0.05, 0) is 25.0 Å². The lowest BCUT2D eigenvalue weighted by Gasteiger charge is -2.18. The number of aryl methyl sites for hydroxylation is 1. The Bertz CT molecular complexity index is 943. The van der Waals surface area contributed by atoms with Crippen LogP contribution in [0, 0.1) is 17.0 Å². The number of rotatable bonds is 9. The molecule has 9 heteroatoms. The molecular formula is C21H24N2O7. The summed E-state index contributed by atoms with van der Waals surface area (Å²) in [6, 6.07) is 9.89. The Balaban J connectivity index is 2.13. The van der Waals surface area contributed by atoms with Crippen LogP contribution in [0.25, 0.3) is 0 Å². The highest BCUT2D eigenvalue weighted by Gasteiger charge is 2.26. The maximum Gasteiger partial charge on any atom is 0.345 e. The van der Waals surface area contributed by atoms with Gasteiger partial charge in [0.25, 0.3) is 11.6 Å². The van der Waals surface area contributed by atoms with Crippen LogP contribution < -0.4 is 9.47 Å². The smallest absolute Gasteiger partial charge is 0.345 e. The van der Waals surface area contributed by atoms with E-state index in [2.05, 4.69) is 0 Å². The maximum atomic E-state index is 12.5. The van der Waals surface area contributed by atoms with E-state index in [0.717, 1.165) is 17.2 Å². The molecule has 30 heavy (non-hydrogen) atoms. The maximum absolute atomic E-state index is 12.5. The number of carbonyl (C=O) groups is 2. The van der Waals surface area contributed by atoms with Crippen LogP contribution in [-0.2, 0) is 16.1 Å². The summed E-state index contributed by atoms with van der Waals surface area (Å²) in [6.45, 7) is 3.73. The second-order valence-corrected chi connectivity index (χ2v) is 6.46. The summed E-state index contributed by atoms with van der Waals surface area (Å²) in [5, 5.41) is 11.4. The highest BCUT2D eigenvalue weighted by atomic mass is 16.6. The normalized spacial score (nSPS) is 10.3. The van der Waals surface area contributed by atoms with E-state index in [-0.39, 0.29) is 23.7 Å². The number of benzene rings is 2. The minimum atomic E-state index is -0.997. The third-order valence-corrected chi connectivity index (χ3v) is 4.42. The molecule has 0 aliphatic heterocycles. The van der Waals surface area contributed by atoms with Crippen LogP contribution in [0.4, 0.5) is 5.69 Å². The van der Waals surface area contributed by atoms with Crippen molar-refractivity contribution in [2.24, 2.45) is 0 Å². The Kier molecular flexibility index (Phi) is 7.74. The third-order valence-electron chi connectivity index (χ3n) is 4.42. The predicted octanol–water partition coefficient (Wildman–Crippen LogP) is 3.13. The van der Waals surface area contributed by atoms with Gasteiger partial charge in [0.2, 0.25) is 0 Å². The number of hydrogen-bond donors (Lipinski definition) is 0. The van der Waals surface area contributed by atoms with Crippen molar-refractivity contribution in [1.82, 2.24) is 4.90 Å². The topological polar surface area (TPSA) is 108 Å². The van der Waals surface area contributed by atoms with Gasteiger partial charge in [-0.15, -0.1) is 0 Å². The van der Waals surface area contributed by atoms with E-state index in [9.17, 15) is 19.7 Å². The van der Waals surface area contributed by atoms with Crippen molar-refractivity contribution in [3.05, 3.63) is 63.2 Å². The highest BCUT2D eigenvalue weighted by molar-refractivity contribution is 5.96. The second-order valence-electron chi connectivity index (χ2n) is 6.46. The monoisotopic (exact) mass is 416 g/mol. The Labute approximate surface area is 174 Å². The first-order valence-electron chi connectivity index (χ1n) is 9.23. The molecule has 2 rings (SSSR count). The SMILES string of the molecule is CCOc1cc(C(=O)OCC(=O)N(C)Cc2ccccc2C)c([N+](=O)[O-])cc1OC. The number of hydrogen-bond acceptors (Lipinski definition) is 7. The summed E-state index contributed by atoms with van der Waals surface area (Å²) >= 11 is 0. The van der Waals surface area contributed by atoms with Crippen molar-refractivity contribution in [2.75, 3.05) is 27.4 Å². The first-order chi connectivity index (χ1) is 14.3. The van der Waals surface area contributed by atoms with Crippen LogP contribution in [0.2, 0.25) is 0 Å². The average Bonchev–Trinajstić information content (AvgIpc) is 2.73. The largest absolute Gasteiger partial charge is 0.493 e. The molecule has 1 amide bonds. The summed E-state index contributed by atoms with van der Waals surface area (Å²) in [5.74, 6) is -1.15. The molecule has 0 radical (unpaired) electrons. The Morgan fingerprint density at radius 3 is 2.47 bits per heavy atom. The molecule has 0 heterocycles. The number of likely N-dealkylation sites (N-methyl/N-ethyl adjacent to an activating group) is 1. The summed E-state index contributed by atoms with van der Waals surface area (Å²) < 4.78 is 15.5. The van der Waals surface area contributed by atoms with Gasteiger partial charge in [-0.3, -0.25) is 14.9 Å². The van der Waals surface area contributed by atoms with Gasteiger partial charge < -0.3 is 19.1 Å². The fourth-order valence-electron chi connectivity index (χ4n) is 2.74. The molecule has 0 atom stereocenters. The first kappa shape index (κ1) is 22.7. The zero-order chi connectivity index (χ0) is 22.3. The summed E-state index contributed by atoms with van der Waals surface area (Å²) in [4.78, 5) is 36.9. The number of amides is 1. The molecule has 0 N–H and O–H groups in total. The van der Waals surface area contributed by atoms with Crippen LogP contribution in [0.1, 0.15) is 28.4 Å². The summed E-state index contributed by atoms with van der Waals surface area (Å²) in [5.41, 5.74) is 1.18. The molecule has 160 valence electrons. The quantitative estimate of drug-likeness (QED) is 0.351. The van der Waals surface area contributed by atoms with E-state index in [4.69, 9.17) is 14.2 Å². The Morgan fingerprint density at radius 2 is 1.87 bits per heavy atom. The molecule has 2 aromatic rings. The van der Waals surface area contributed by atoms with Crippen LogP contribution in [0.5, 0.6) is 11.5 Å². The van der Waals surface area contributed by atoms with Crippen molar-refractivity contribution in [3.63, 3.8) is 0 Å². The summed E-state index contributed by atoms with van der Waals surface area (Å²) in [7, 11) is 2.92. The van der Waals surface area contributed by atoms with E-state index in [1.807, 2.05) is 31.2 Å². The van der Waals surface area contributed by atoms with Gasteiger partial charge in [0.15, 0.2) is 18.1 Å². The van der Waals surface area contributed by atoms with Gasteiger partial charge in [-0.1, -0.05) is 24.3 Å². The molecule has 0 saturated carbocycles. The number of esters is 1. The molecular weight excluding hydrogens is 392 g/mol. The van der Waals surface area contributed by atoms with Crippen molar-refractivity contribution in [1.29, 1.82) is 0 Å². The molecule has 0 aliphatic carbocycles. The Hall–Kier alpha value is -3.62. The number of nitro benzene ring substituents is 1. The average molecular weight is 416 g/mol. The zero-order valence-electron chi connectivity index (χ0n) is 17.3. The van der Waals surface area contributed by atoms with Gasteiger partial charge in [0.1, 0.15) is 5.56 Å². The fourth-order valence-corrected chi connectivity index (χ4v) is 2.74. The molecule has 0 aliphatic rings. The summed E-state index contributed by atoms with van der Waals surface area (Å²) in [6.07, 6.45) is 0. The lowest BCUT2D eigenvalue weighted by molar-refractivity contribution is -0.385. The third kappa shape index (κ3) is 5.47. The minimum Gasteiger partial charge on any atom is -0.493 e. The number of nitro groups is 1. The van der Waals surface area contributed by atoms with E-state index in [1.165, 1.54) is 18.1 Å². The molecule has 0 saturated heterocycles. The Morgan fingerprint density at radius 1 is 1.17 bits per heavy atom. The van der Waals surface area contributed by atoms with Gasteiger partial charge in [0.05, 0.1) is 24.7 Å². The molecule has 0 spiro atoms. The standard InChI is InChI=1S/C21H24N2O7/c1-5-29-19-10-16(17(23(26)27)11-18(19)28-4)21(25)30-13-20(24)22(3)12-15-9-7-6-8-14(15)2/h6-11H,5,12-13H2,1-4H3.